The minimum atomic E-state index is -0.199. The van der Waals surface area contributed by atoms with Gasteiger partial charge >= 0.3 is 0 Å². The number of thioether (sulfide) groups is 1. The molecule has 1 aromatic heterocycles. The first-order chi connectivity index (χ1) is 14.7. The molecule has 3 aromatic rings. The van der Waals surface area contributed by atoms with Gasteiger partial charge in [-0.05, 0) is 23.8 Å². The second kappa shape index (κ2) is 10.7. The molecular formula is C20H21N7O2S. The van der Waals surface area contributed by atoms with Crippen molar-refractivity contribution < 1.29 is 9.53 Å². The van der Waals surface area contributed by atoms with E-state index in [1.54, 1.807) is 43.7 Å². The molecule has 10 heteroatoms. The fourth-order valence-corrected chi connectivity index (χ4v) is 2.99. The summed E-state index contributed by atoms with van der Waals surface area (Å²) in [6.45, 7) is 0. The van der Waals surface area contributed by atoms with E-state index >= 15 is 0 Å². The Morgan fingerprint density at radius 1 is 1.23 bits per heavy atom. The molecule has 1 heterocycles. The highest BCUT2D eigenvalue weighted by Crippen LogP contribution is 2.19. The van der Waals surface area contributed by atoms with Crippen LogP contribution < -0.4 is 21.3 Å². The number of hydrazone groups is 1. The molecule has 154 valence electrons. The first-order valence-electron chi connectivity index (χ1n) is 8.93. The lowest BCUT2D eigenvalue weighted by Gasteiger charge is -2.06. The fraction of sp³-hybridized carbons (Fsp3) is 0.100. The first kappa shape index (κ1) is 20.9. The van der Waals surface area contributed by atoms with Crippen LogP contribution in [0.5, 0.6) is 5.75 Å². The monoisotopic (exact) mass is 423 g/mol. The normalized spacial score (nSPS) is 11.1. The molecule has 0 radical (unpaired) electrons. The van der Waals surface area contributed by atoms with Gasteiger partial charge in [0.05, 0.1) is 12.9 Å². The number of carbonyl (C=O) groups excluding carboxylic acids is 1. The largest absolute Gasteiger partial charge is 0.497 e. The molecule has 9 nitrogen and oxygen atoms in total. The van der Waals surface area contributed by atoms with Crippen LogP contribution in [0, 0.1) is 0 Å². The Hall–Kier alpha value is -3.79. The molecule has 0 atom stereocenters. The van der Waals surface area contributed by atoms with Gasteiger partial charge in [-0.1, -0.05) is 54.2 Å². The van der Waals surface area contributed by atoms with Crippen LogP contribution >= 0.6 is 11.8 Å². The van der Waals surface area contributed by atoms with Crippen molar-refractivity contribution in [3.05, 3.63) is 66.2 Å². The van der Waals surface area contributed by atoms with E-state index in [4.69, 9.17) is 10.6 Å². The molecule has 0 aliphatic heterocycles. The van der Waals surface area contributed by atoms with Crippen molar-refractivity contribution in [2.24, 2.45) is 5.10 Å². The molecule has 3 rings (SSSR count). The van der Waals surface area contributed by atoms with Gasteiger partial charge in [-0.2, -0.15) is 5.10 Å². The summed E-state index contributed by atoms with van der Waals surface area (Å²) in [6.07, 6.45) is 5.29. The highest BCUT2D eigenvalue weighted by molar-refractivity contribution is 7.99. The second-order valence-electron chi connectivity index (χ2n) is 5.90. The molecule has 0 fully saturated rings. The zero-order valence-electron chi connectivity index (χ0n) is 16.2. The number of amides is 1. The molecule has 1 amide bonds. The van der Waals surface area contributed by atoms with E-state index in [-0.39, 0.29) is 17.6 Å². The van der Waals surface area contributed by atoms with Gasteiger partial charge in [-0.25, -0.2) is 10.1 Å². The second-order valence-corrected chi connectivity index (χ2v) is 6.85. The summed E-state index contributed by atoms with van der Waals surface area (Å²) < 4.78 is 6.37. The number of carbonyl (C=O) groups is 1. The van der Waals surface area contributed by atoms with E-state index in [1.165, 1.54) is 4.68 Å². The number of nitrogen functional groups attached to an aromatic ring is 1. The number of nitrogens with two attached hydrogens (primary N) is 1. The quantitative estimate of drug-likeness (QED) is 0.209. The van der Waals surface area contributed by atoms with Gasteiger partial charge in [0.1, 0.15) is 5.75 Å². The van der Waals surface area contributed by atoms with Crippen molar-refractivity contribution in [2.45, 2.75) is 5.16 Å². The summed E-state index contributed by atoms with van der Waals surface area (Å²) in [5.74, 6) is 6.80. The molecule has 4 N–H and O–H groups in total. The summed E-state index contributed by atoms with van der Waals surface area (Å²) in [4.78, 5) is 12.1. The van der Waals surface area contributed by atoms with E-state index < -0.39 is 0 Å². The third-order valence-electron chi connectivity index (χ3n) is 3.76. The van der Waals surface area contributed by atoms with Crippen LogP contribution in [0.3, 0.4) is 0 Å². The summed E-state index contributed by atoms with van der Waals surface area (Å²) in [5, 5.41) is 15.1. The number of ether oxygens (including phenoxy) is 1. The van der Waals surface area contributed by atoms with Gasteiger partial charge in [-0.3, -0.25) is 4.79 Å². The number of anilines is 2. The topological polar surface area (TPSA) is 119 Å². The van der Waals surface area contributed by atoms with E-state index in [9.17, 15) is 4.79 Å². The summed E-state index contributed by atoms with van der Waals surface area (Å²) >= 11 is 1.16. The zero-order chi connectivity index (χ0) is 21.2. The molecule has 0 bridgehead atoms. The van der Waals surface area contributed by atoms with Crippen LogP contribution in [-0.4, -0.2) is 39.9 Å². The minimum absolute atomic E-state index is 0.121. The Morgan fingerprint density at radius 2 is 2.07 bits per heavy atom. The number of nitrogens with zero attached hydrogens (tertiary/aromatic N) is 4. The number of methoxy groups -OCH3 is 1. The van der Waals surface area contributed by atoms with Crippen molar-refractivity contribution >= 4 is 41.6 Å². The van der Waals surface area contributed by atoms with Gasteiger partial charge in [0.15, 0.2) is 0 Å². The van der Waals surface area contributed by atoms with Gasteiger partial charge < -0.3 is 15.9 Å². The predicted octanol–water partition coefficient (Wildman–Crippen LogP) is 2.84. The standard InChI is InChI=1S/C20H21N7O2S/c1-29-17-11-5-10-16(13-17)23-18(28)14-30-20-26-25-19(27(20)21)24-22-12-6-9-15-7-3-2-4-8-15/h2-13H,14,21H2,1H3,(H,23,28)(H,24,25)/b9-6+,22-12+. The Morgan fingerprint density at radius 3 is 2.87 bits per heavy atom. The molecule has 0 spiro atoms. The summed E-state index contributed by atoms with van der Waals surface area (Å²) in [6, 6.07) is 17.0. The zero-order valence-corrected chi connectivity index (χ0v) is 17.0. The summed E-state index contributed by atoms with van der Waals surface area (Å²) in [5.41, 5.74) is 4.43. The third-order valence-corrected chi connectivity index (χ3v) is 4.71. The minimum Gasteiger partial charge on any atom is -0.497 e. The maximum atomic E-state index is 12.1. The van der Waals surface area contributed by atoms with Gasteiger partial charge in [0.2, 0.25) is 11.1 Å². The van der Waals surface area contributed by atoms with E-state index in [0.29, 0.717) is 16.6 Å². The van der Waals surface area contributed by atoms with Gasteiger partial charge in [0, 0.05) is 18.0 Å². The molecule has 0 saturated carbocycles. The van der Waals surface area contributed by atoms with Crippen LogP contribution in [0.2, 0.25) is 0 Å². The van der Waals surface area contributed by atoms with Crippen LogP contribution in [-0.2, 0) is 4.79 Å². The maximum absolute atomic E-state index is 12.1. The highest BCUT2D eigenvalue weighted by atomic mass is 32.2. The molecule has 30 heavy (non-hydrogen) atoms. The number of allylic oxidation sites excluding steroid dienone is 1. The molecule has 2 aromatic carbocycles. The van der Waals surface area contributed by atoms with Crippen molar-refractivity contribution in [1.29, 1.82) is 0 Å². The lowest BCUT2D eigenvalue weighted by molar-refractivity contribution is -0.113. The Bertz CT molecular complexity index is 1030. The molecule has 0 aliphatic rings. The molecule has 0 saturated heterocycles. The van der Waals surface area contributed by atoms with Crippen LogP contribution in [0.1, 0.15) is 5.56 Å². The lowest BCUT2D eigenvalue weighted by Crippen LogP contribution is -2.16. The molecule has 0 aliphatic carbocycles. The Balaban J connectivity index is 1.48. The third kappa shape index (κ3) is 6.11. The van der Waals surface area contributed by atoms with Crippen molar-refractivity contribution in [2.75, 3.05) is 29.4 Å². The van der Waals surface area contributed by atoms with Crippen molar-refractivity contribution in [3.8, 4) is 5.75 Å². The Kier molecular flexibility index (Phi) is 7.45. The smallest absolute Gasteiger partial charge is 0.264 e. The lowest BCUT2D eigenvalue weighted by atomic mass is 10.2. The van der Waals surface area contributed by atoms with Crippen LogP contribution in [0.4, 0.5) is 11.6 Å². The van der Waals surface area contributed by atoms with Gasteiger partial charge in [-0.15, -0.1) is 10.2 Å². The van der Waals surface area contributed by atoms with Crippen LogP contribution in [0.15, 0.2) is 70.9 Å². The average Bonchev–Trinajstić information content (AvgIpc) is 3.12. The van der Waals surface area contributed by atoms with Crippen molar-refractivity contribution in [1.82, 2.24) is 14.9 Å². The van der Waals surface area contributed by atoms with Crippen LogP contribution in [0.25, 0.3) is 6.08 Å². The summed E-state index contributed by atoms with van der Waals surface area (Å²) in [7, 11) is 1.57. The fourth-order valence-electron chi connectivity index (χ4n) is 2.34. The number of hydrogen-bond acceptors (Lipinski definition) is 8. The number of aromatic nitrogens is 3. The van der Waals surface area contributed by atoms with Gasteiger partial charge in [0.25, 0.3) is 5.95 Å². The number of nitrogens with one attached hydrogen (secondary N) is 2. The first-order valence-corrected chi connectivity index (χ1v) is 9.92. The van der Waals surface area contributed by atoms with Crippen molar-refractivity contribution in [3.63, 3.8) is 0 Å². The number of hydrogen-bond donors (Lipinski definition) is 3. The number of benzene rings is 2. The number of rotatable bonds is 9. The van der Waals surface area contributed by atoms with E-state index in [2.05, 4.69) is 26.0 Å². The molecule has 0 unspecified atom stereocenters. The maximum Gasteiger partial charge on any atom is 0.264 e. The molecular weight excluding hydrogens is 402 g/mol. The van der Waals surface area contributed by atoms with E-state index in [1.807, 2.05) is 36.4 Å². The highest BCUT2D eigenvalue weighted by Gasteiger charge is 2.12. The SMILES string of the molecule is COc1cccc(NC(=O)CSc2nnc(N/N=C/C=C/c3ccccc3)n2N)c1. The average molecular weight is 424 g/mol. The Labute approximate surface area is 178 Å². The predicted molar refractivity (Wildman–Crippen MR) is 120 cm³/mol. The van der Waals surface area contributed by atoms with E-state index in [0.717, 1.165) is 17.3 Å².